The van der Waals surface area contributed by atoms with Crippen LogP contribution in [0.25, 0.3) is 0 Å². The summed E-state index contributed by atoms with van der Waals surface area (Å²) in [5.74, 6) is 0. The van der Waals surface area contributed by atoms with Gasteiger partial charge in [0.25, 0.3) is 0 Å². The van der Waals surface area contributed by atoms with Crippen molar-refractivity contribution in [1.29, 1.82) is 0 Å². The van der Waals surface area contributed by atoms with E-state index in [2.05, 4.69) is 12.8 Å². The van der Waals surface area contributed by atoms with Gasteiger partial charge in [0.1, 0.15) is 0 Å². The van der Waals surface area contributed by atoms with Gasteiger partial charge in [0, 0.05) is 0 Å². The molecule has 0 N–H and O–H groups in total. The summed E-state index contributed by atoms with van der Waals surface area (Å²) in [5, 5.41) is 0. The Morgan fingerprint density at radius 1 is 0.417 bits per heavy atom. The van der Waals surface area contributed by atoms with Gasteiger partial charge >= 0.3 is 0 Å². The minimum atomic E-state index is 1.34. The highest BCUT2D eigenvalue weighted by Crippen LogP contribution is 2.14. The van der Waals surface area contributed by atoms with Crippen LogP contribution in [-0.2, 0) is 0 Å². The van der Waals surface area contributed by atoms with E-state index in [4.69, 9.17) is 0 Å². The Kier molecular flexibility index (Phi) is 6.42. The third-order valence-corrected chi connectivity index (χ3v) is 2.63. The van der Waals surface area contributed by atoms with Crippen LogP contribution in [0.5, 0.6) is 0 Å². The van der Waals surface area contributed by atoms with Gasteiger partial charge in [-0.3, -0.25) is 0 Å². The second kappa shape index (κ2) is 7.64. The van der Waals surface area contributed by atoms with Crippen molar-refractivity contribution in [2.24, 2.45) is 0 Å². The third-order valence-electron chi connectivity index (χ3n) is 2.63. The third kappa shape index (κ3) is 5.62. The summed E-state index contributed by atoms with van der Waals surface area (Å²) in [6, 6.07) is 0. The molecule has 70 valence electrons. The van der Waals surface area contributed by atoms with Gasteiger partial charge < -0.3 is 0 Å². The summed E-state index contributed by atoms with van der Waals surface area (Å²) in [6.07, 6.45) is 19.0. The number of hydrogen-bond donors (Lipinski definition) is 0. The van der Waals surface area contributed by atoms with Crippen LogP contribution in [0.1, 0.15) is 64.2 Å². The molecule has 0 aromatic heterocycles. The van der Waals surface area contributed by atoms with Crippen molar-refractivity contribution in [3.63, 3.8) is 0 Å². The molecule has 0 spiro atoms. The smallest absolute Gasteiger partial charge is 0.0386 e. The van der Waals surface area contributed by atoms with Crippen molar-refractivity contribution < 1.29 is 0 Å². The molecule has 0 amide bonds. The zero-order valence-corrected chi connectivity index (χ0v) is 8.23. The lowest BCUT2D eigenvalue weighted by atomic mass is 10.0. The zero-order chi connectivity index (χ0) is 8.49. The number of rotatable bonds is 0. The summed E-state index contributed by atoms with van der Waals surface area (Å²) >= 11 is 0. The molecule has 0 heteroatoms. The van der Waals surface area contributed by atoms with Gasteiger partial charge in [0.05, 0.1) is 0 Å². The standard InChI is InChI=1S/C12H22/c1-2-4-6-8-10-12-11-9-7-5-3-1/h1,8H,2-7,9-12H2. The zero-order valence-electron chi connectivity index (χ0n) is 8.23. The van der Waals surface area contributed by atoms with E-state index in [0.29, 0.717) is 0 Å². The molecule has 12 heavy (non-hydrogen) atoms. The first-order valence-electron chi connectivity index (χ1n) is 5.63. The molecule has 0 unspecified atom stereocenters. The lowest BCUT2D eigenvalue weighted by Crippen LogP contribution is -1.87. The Hall–Kier alpha value is 0. The topological polar surface area (TPSA) is 0 Å². The first kappa shape index (κ1) is 10.1. The molecule has 0 aromatic carbocycles. The summed E-state index contributed by atoms with van der Waals surface area (Å²) in [5.41, 5.74) is 0. The molecule has 1 rings (SSSR count). The van der Waals surface area contributed by atoms with Gasteiger partial charge in [-0.25, -0.2) is 0 Å². The second-order valence-electron chi connectivity index (χ2n) is 3.85. The predicted octanol–water partition coefficient (Wildman–Crippen LogP) is 4.31. The van der Waals surface area contributed by atoms with Crippen molar-refractivity contribution in [2.45, 2.75) is 64.2 Å². The maximum Gasteiger partial charge on any atom is -0.0386 e. The molecular weight excluding hydrogens is 144 g/mol. The van der Waals surface area contributed by atoms with E-state index in [0.717, 1.165) is 0 Å². The van der Waals surface area contributed by atoms with Crippen molar-refractivity contribution in [3.8, 4) is 0 Å². The predicted molar refractivity (Wildman–Crippen MR) is 54.8 cm³/mol. The first-order chi connectivity index (χ1) is 6.00. The van der Waals surface area contributed by atoms with E-state index in [1.165, 1.54) is 64.2 Å². The first-order valence-corrected chi connectivity index (χ1v) is 5.63. The van der Waals surface area contributed by atoms with E-state index in [-0.39, 0.29) is 0 Å². The summed E-state index contributed by atoms with van der Waals surface area (Å²) in [4.78, 5) is 0. The molecule has 2 radical (unpaired) electrons. The molecule has 0 heterocycles. The lowest BCUT2D eigenvalue weighted by molar-refractivity contribution is 0.582. The monoisotopic (exact) mass is 166 g/mol. The Labute approximate surface area is 77.7 Å². The normalized spacial score (nSPS) is 24.0. The SMILES string of the molecule is [CH]1CCC[CH]CCCCCCC1. The van der Waals surface area contributed by atoms with Gasteiger partial charge in [-0.2, -0.15) is 0 Å². The quantitative estimate of drug-likeness (QED) is 0.503. The largest absolute Gasteiger partial charge is 0.0533 e. The summed E-state index contributed by atoms with van der Waals surface area (Å²) in [7, 11) is 0. The van der Waals surface area contributed by atoms with Crippen molar-refractivity contribution in [3.05, 3.63) is 12.8 Å². The van der Waals surface area contributed by atoms with Crippen LogP contribution in [0, 0.1) is 12.8 Å². The minimum absolute atomic E-state index is 1.34. The molecule has 1 saturated carbocycles. The summed E-state index contributed by atoms with van der Waals surface area (Å²) < 4.78 is 0. The fourth-order valence-corrected chi connectivity index (χ4v) is 1.80. The van der Waals surface area contributed by atoms with Gasteiger partial charge in [-0.1, -0.05) is 64.2 Å². The highest BCUT2D eigenvalue weighted by Gasteiger charge is 1.96. The average Bonchev–Trinajstić information content (AvgIpc) is 2.05. The van der Waals surface area contributed by atoms with Crippen LogP contribution >= 0.6 is 0 Å². The van der Waals surface area contributed by atoms with Crippen LogP contribution in [0.15, 0.2) is 0 Å². The van der Waals surface area contributed by atoms with Crippen molar-refractivity contribution in [2.75, 3.05) is 0 Å². The Bertz CT molecular complexity index is 43.0. The number of hydrogen-bond acceptors (Lipinski definition) is 0. The van der Waals surface area contributed by atoms with Gasteiger partial charge in [-0.15, -0.1) is 0 Å². The van der Waals surface area contributed by atoms with E-state index in [9.17, 15) is 0 Å². The van der Waals surface area contributed by atoms with Crippen LogP contribution < -0.4 is 0 Å². The highest BCUT2D eigenvalue weighted by molar-refractivity contribution is 4.70. The minimum Gasteiger partial charge on any atom is -0.0533 e. The van der Waals surface area contributed by atoms with Crippen LogP contribution in [0.4, 0.5) is 0 Å². The molecule has 0 saturated heterocycles. The summed E-state index contributed by atoms with van der Waals surface area (Å²) in [6.45, 7) is 0. The highest BCUT2D eigenvalue weighted by atomic mass is 14.0. The molecule has 0 nitrogen and oxygen atoms in total. The molecule has 0 atom stereocenters. The maximum absolute atomic E-state index is 2.48. The van der Waals surface area contributed by atoms with E-state index in [1.54, 1.807) is 0 Å². The molecule has 0 bridgehead atoms. The molecule has 1 aliphatic carbocycles. The van der Waals surface area contributed by atoms with Gasteiger partial charge in [0.15, 0.2) is 0 Å². The average molecular weight is 166 g/mol. The van der Waals surface area contributed by atoms with Crippen molar-refractivity contribution >= 4 is 0 Å². The molecule has 1 fully saturated rings. The van der Waals surface area contributed by atoms with Gasteiger partial charge in [0.2, 0.25) is 0 Å². The van der Waals surface area contributed by atoms with Crippen LogP contribution in [0.3, 0.4) is 0 Å². The van der Waals surface area contributed by atoms with Crippen molar-refractivity contribution in [1.82, 2.24) is 0 Å². The lowest BCUT2D eigenvalue weighted by Gasteiger charge is -2.05. The van der Waals surface area contributed by atoms with E-state index >= 15 is 0 Å². The molecule has 0 aromatic rings. The van der Waals surface area contributed by atoms with E-state index in [1.807, 2.05) is 0 Å². The Morgan fingerprint density at radius 3 is 1.42 bits per heavy atom. The molecule has 0 aliphatic heterocycles. The molecule has 1 aliphatic rings. The van der Waals surface area contributed by atoms with Crippen LogP contribution in [-0.4, -0.2) is 0 Å². The van der Waals surface area contributed by atoms with Crippen LogP contribution in [0.2, 0.25) is 0 Å². The van der Waals surface area contributed by atoms with E-state index < -0.39 is 0 Å². The fraction of sp³-hybridized carbons (Fsp3) is 0.833. The Morgan fingerprint density at radius 2 is 0.833 bits per heavy atom. The Balaban J connectivity index is 2.00. The fourth-order valence-electron chi connectivity index (χ4n) is 1.80. The maximum atomic E-state index is 2.48. The second-order valence-corrected chi connectivity index (χ2v) is 3.85. The van der Waals surface area contributed by atoms with Gasteiger partial charge in [-0.05, 0) is 12.8 Å². The molecular formula is C12H22.